The standard InChI is InChI=1S/C12H20O/c13-12-8-4-7-11(12)9-10-5-2-1-3-6-10/h9-10,12-13H,1-8H2/b11-9-/t12-/m0/s1. The van der Waals surface area contributed by atoms with E-state index in [-0.39, 0.29) is 6.10 Å². The van der Waals surface area contributed by atoms with Crippen molar-refractivity contribution in [2.45, 2.75) is 57.5 Å². The molecule has 0 heterocycles. The molecule has 2 saturated carbocycles. The first-order chi connectivity index (χ1) is 6.36. The van der Waals surface area contributed by atoms with E-state index in [0.717, 1.165) is 18.8 Å². The second-order valence-corrected chi connectivity index (χ2v) is 4.55. The van der Waals surface area contributed by atoms with Crippen molar-refractivity contribution in [2.24, 2.45) is 5.92 Å². The van der Waals surface area contributed by atoms with E-state index in [0.29, 0.717) is 0 Å². The van der Waals surface area contributed by atoms with Crippen molar-refractivity contribution in [3.05, 3.63) is 11.6 Å². The summed E-state index contributed by atoms with van der Waals surface area (Å²) in [7, 11) is 0. The van der Waals surface area contributed by atoms with Crippen LogP contribution in [0.25, 0.3) is 0 Å². The van der Waals surface area contributed by atoms with Gasteiger partial charge in [-0.05, 0) is 43.6 Å². The fourth-order valence-corrected chi connectivity index (χ4v) is 2.65. The van der Waals surface area contributed by atoms with Crippen LogP contribution >= 0.6 is 0 Å². The van der Waals surface area contributed by atoms with Crippen molar-refractivity contribution in [1.29, 1.82) is 0 Å². The second-order valence-electron chi connectivity index (χ2n) is 4.55. The lowest BCUT2D eigenvalue weighted by Crippen LogP contribution is -2.07. The van der Waals surface area contributed by atoms with Gasteiger partial charge in [-0.25, -0.2) is 0 Å². The lowest BCUT2D eigenvalue weighted by molar-refractivity contribution is 0.216. The molecule has 0 aromatic carbocycles. The molecule has 1 N–H and O–H groups in total. The highest BCUT2D eigenvalue weighted by Gasteiger charge is 2.20. The maximum Gasteiger partial charge on any atom is 0.0750 e. The Morgan fingerprint density at radius 2 is 1.77 bits per heavy atom. The van der Waals surface area contributed by atoms with Crippen LogP contribution in [0.4, 0.5) is 0 Å². The minimum Gasteiger partial charge on any atom is -0.389 e. The van der Waals surface area contributed by atoms with Crippen LogP contribution in [0.5, 0.6) is 0 Å². The van der Waals surface area contributed by atoms with Crippen molar-refractivity contribution in [1.82, 2.24) is 0 Å². The molecule has 2 aliphatic rings. The van der Waals surface area contributed by atoms with Crippen molar-refractivity contribution in [2.75, 3.05) is 0 Å². The lowest BCUT2D eigenvalue weighted by Gasteiger charge is -2.19. The first kappa shape index (κ1) is 9.26. The Balaban J connectivity index is 1.93. The predicted octanol–water partition coefficient (Wildman–Crippen LogP) is 3.04. The van der Waals surface area contributed by atoms with Crippen LogP contribution in [0.3, 0.4) is 0 Å². The van der Waals surface area contributed by atoms with Crippen LogP contribution in [0.15, 0.2) is 11.6 Å². The molecule has 0 saturated heterocycles. The van der Waals surface area contributed by atoms with Crippen LogP contribution in [0.2, 0.25) is 0 Å². The summed E-state index contributed by atoms with van der Waals surface area (Å²) in [6.07, 6.45) is 12.6. The van der Waals surface area contributed by atoms with Gasteiger partial charge in [0.25, 0.3) is 0 Å². The Morgan fingerprint density at radius 3 is 2.38 bits per heavy atom. The summed E-state index contributed by atoms with van der Waals surface area (Å²) >= 11 is 0. The van der Waals surface area contributed by atoms with Gasteiger partial charge in [0.2, 0.25) is 0 Å². The van der Waals surface area contributed by atoms with E-state index in [9.17, 15) is 5.11 Å². The van der Waals surface area contributed by atoms with Gasteiger partial charge < -0.3 is 5.11 Å². The van der Waals surface area contributed by atoms with E-state index in [2.05, 4.69) is 6.08 Å². The third kappa shape index (κ3) is 2.34. The summed E-state index contributed by atoms with van der Waals surface area (Å²) in [4.78, 5) is 0. The van der Waals surface area contributed by atoms with E-state index in [4.69, 9.17) is 0 Å². The number of rotatable bonds is 1. The van der Waals surface area contributed by atoms with Crippen LogP contribution in [-0.2, 0) is 0 Å². The van der Waals surface area contributed by atoms with Crippen LogP contribution in [0, 0.1) is 5.92 Å². The number of aliphatic hydroxyl groups excluding tert-OH is 1. The summed E-state index contributed by atoms with van der Waals surface area (Å²) in [6, 6.07) is 0. The molecule has 1 heteroatoms. The molecule has 0 bridgehead atoms. The molecule has 2 rings (SSSR count). The largest absolute Gasteiger partial charge is 0.389 e. The Kier molecular flexibility index (Phi) is 3.05. The fraction of sp³-hybridized carbons (Fsp3) is 0.833. The molecule has 1 nitrogen and oxygen atoms in total. The SMILES string of the molecule is O[C@H]1CCC/C1=C/C1CCCCC1. The summed E-state index contributed by atoms with van der Waals surface area (Å²) in [5, 5.41) is 9.65. The van der Waals surface area contributed by atoms with Crippen molar-refractivity contribution < 1.29 is 5.11 Å². The zero-order valence-electron chi connectivity index (χ0n) is 8.34. The molecular weight excluding hydrogens is 160 g/mol. The highest BCUT2D eigenvalue weighted by atomic mass is 16.3. The average Bonchev–Trinajstić information content (AvgIpc) is 2.54. The van der Waals surface area contributed by atoms with E-state index >= 15 is 0 Å². The average molecular weight is 180 g/mol. The summed E-state index contributed by atoms with van der Waals surface area (Å²) in [5.74, 6) is 0.788. The maximum atomic E-state index is 9.65. The normalized spacial score (nSPS) is 34.2. The molecular formula is C12H20O. The topological polar surface area (TPSA) is 20.2 Å². The molecule has 74 valence electrons. The van der Waals surface area contributed by atoms with Crippen LogP contribution in [-0.4, -0.2) is 11.2 Å². The van der Waals surface area contributed by atoms with E-state index in [1.54, 1.807) is 0 Å². The lowest BCUT2D eigenvalue weighted by atomic mass is 9.87. The highest BCUT2D eigenvalue weighted by molar-refractivity contribution is 5.14. The molecule has 0 spiro atoms. The van der Waals surface area contributed by atoms with Crippen molar-refractivity contribution in [3.8, 4) is 0 Å². The third-order valence-corrected chi connectivity index (χ3v) is 3.47. The van der Waals surface area contributed by atoms with Gasteiger partial charge in [0, 0.05) is 0 Å². The van der Waals surface area contributed by atoms with Gasteiger partial charge in [-0.2, -0.15) is 0 Å². The number of aliphatic hydroxyl groups is 1. The number of hydrogen-bond acceptors (Lipinski definition) is 1. The van der Waals surface area contributed by atoms with Gasteiger partial charge in [-0.1, -0.05) is 25.3 Å². The third-order valence-electron chi connectivity index (χ3n) is 3.47. The summed E-state index contributed by atoms with van der Waals surface area (Å²) in [5.41, 5.74) is 1.34. The first-order valence-electron chi connectivity index (χ1n) is 5.75. The smallest absolute Gasteiger partial charge is 0.0750 e. The minimum absolute atomic E-state index is 0.0954. The van der Waals surface area contributed by atoms with E-state index in [1.807, 2.05) is 0 Å². The molecule has 0 aromatic heterocycles. The zero-order chi connectivity index (χ0) is 9.10. The Hall–Kier alpha value is -0.300. The number of hydrogen-bond donors (Lipinski definition) is 1. The van der Waals surface area contributed by atoms with Gasteiger partial charge in [-0.15, -0.1) is 0 Å². The minimum atomic E-state index is -0.0954. The van der Waals surface area contributed by atoms with Gasteiger partial charge >= 0.3 is 0 Å². The van der Waals surface area contributed by atoms with Crippen LogP contribution < -0.4 is 0 Å². The van der Waals surface area contributed by atoms with Crippen LogP contribution in [0.1, 0.15) is 51.4 Å². The molecule has 2 fully saturated rings. The Bertz CT molecular complexity index is 189. The summed E-state index contributed by atoms with van der Waals surface area (Å²) in [6.45, 7) is 0. The molecule has 2 aliphatic carbocycles. The molecule has 0 aromatic rings. The van der Waals surface area contributed by atoms with E-state index in [1.165, 1.54) is 44.1 Å². The summed E-state index contributed by atoms with van der Waals surface area (Å²) < 4.78 is 0. The van der Waals surface area contributed by atoms with E-state index < -0.39 is 0 Å². The van der Waals surface area contributed by atoms with Gasteiger partial charge in [0.1, 0.15) is 0 Å². The molecule has 0 unspecified atom stereocenters. The molecule has 13 heavy (non-hydrogen) atoms. The molecule has 0 amide bonds. The van der Waals surface area contributed by atoms with Crippen molar-refractivity contribution in [3.63, 3.8) is 0 Å². The quantitative estimate of drug-likeness (QED) is 0.615. The number of allylic oxidation sites excluding steroid dienone is 1. The Labute approximate surface area is 80.8 Å². The predicted molar refractivity (Wildman–Crippen MR) is 54.5 cm³/mol. The molecule has 1 atom stereocenters. The van der Waals surface area contributed by atoms with Gasteiger partial charge in [0.15, 0.2) is 0 Å². The molecule has 0 aliphatic heterocycles. The monoisotopic (exact) mass is 180 g/mol. The van der Waals surface area contributed by atoms with Gasteiger partial charge in [0.05, 0.1) is 6.10 Å². The second kappa shape index (κ2) is 4.28. The maximum absolute atomic E-state index is 9.65. The van der Waals surface area contributed by atoms with Gasteiger partial charge in [-0.3, -0.25) is 0 Å². The first-order valence-corrected chi connectivity index (χ1v) is 5.75. The zero-order valence-corrected chi connectivity index (χ0v) is 8.34. The highest BCUT2D eigenvalue weighted by Crippen LogP contribution is 2.31. The molecule has 0 radical (unpaired) electrons. The van der Waals surface area contributed by atoms with Crippen molar-refractivity contribution >= 4 is 0 Å². The fourth-order valence-electron chi connectivity index (χ4n) is 2.65. The Morgan fingerprint density at radius 1 is 1.00 bits per heavy atom.